The normalized spacial score (nSPS) is 9.90. The van der Waals surface area contributed by atoms with Crippen molar-refractivity contribution in [3.05, 3.63) is 69.7 Å². The van der Waals surface area contributed by atoms with Gasteiger partial charge in [0.25, 0.3) is 11.8 Å². The summed E-state index contributed by atoms with van der Waals surface area (Å²) in [7, 11) is 0. The van der Waals surface area contributed by atoms with Crippen LogP contribution in [0.3, 0.4) is 0 Å². The molecule has 2 aromatic carbocycles. The molecule has 0 aromatic heterocycles. The quantitative estimate of drug-likeness (QED) is 0.831. The summed E-state index contributed by atoms with van der Waals surface area (Å²) in [6.07, 6.45) is 0. The molecule has 4 nitrogen and oxygen atoms in total. The first kappa shape index (κ1) is 14.3. The number of carbonyl (C=O) groups excluding carboxylic acids is 2. The van der Waals surface area contributed by atoms with E-state index in [1.54, 1.807) is 36.4 Å². The highest BCUT2D eigenvalue weighted by molar-refractivity contribution is 9.10. The number of carbonyl (C=O) groups is 2. The second-order valence-electron chi connectivity index (χ2n) is 4.19. The Morgan fingerprint density at radius 2 is 1.55 bits per heavy atom. The first-order valence-electron chi connectivity index (χ1n) is 6.00. The molecular weight excluding hydrogens is 320 g/mol. The highest BCUT2D eigenvalue weighted by atomic mass is 79.9. The van der Waals surface area contributed by atoms with E-state index in [9.17, 15) is 9.59 Å². The molecule has 0 aliphatic carbocycles. The van der Waals surface area contributed by atoms with E-state index in [1.807, 2.05) is 19.1 Å². The van der Waals surface area contributed by atoms with E-state index in [0.29, 0.717) is 11.1 Å². The van der Waals surface area contributed by atoms with Crippen LogP contribution in [0.15, 0.2) is 53.0 Å². The number of hydrogen-bond acceptors (Lipinski definition) is 2. The zero-order valence-electron chi connectivity index (χ0n) is 10.8. The van der Waals surface area contributed by atoms with Crippen molar-refractivity contribution >= 4 is 27.7 Å². The lowest BCUT2D eigenvalue weighted by atomic mass is 10.1. The molecule has 2 rings (SSSR count). The van der Waals surface area contributed by atoms with Crippen LogP contribution in [0.4, 0.5) is 0 Å². The van der Waals surface area contributed by atoms with Crippen molar-refractivity contribution in [1.82, 2.24) is 10.9 Å². The molecule has 0 bridgehead atoms. The lowest BCUT2D eigenvalue weighted by Gasteiger charge is -2.10. The molecule has 0 aliphatic heterocycles. The van der Waals surface area contributed by atoms with Crippen molar-refractivity contribution in [2.45, 2.75) is 6.92 Å². The van der Waals surface area contributed by atoms with Crippen LogP contribution in [0.25, 0.3) is 0 Å². The van der Waals surface area contributed by atoms with Crippen molar-refractivity contribution in [3.63, 3.8) is 0 Å². The SMILES string of the molecule is Cc1c(Br)cccc1C(=O)NNC(=O)c1ccccc1. The van der Waals surface area contributed by atoms with Gasteiger partial charge in [-0.1, -0.05) is 40.2 Å². The topological polar surface area (TPSA) is 58.2 Å². The molecule has 0 fully saturated rings. The van der Waals surface area contributed by atoms with Crippen LogP contribution < -0.4 is 10.9 Å². The maximum Gasteiger partial charge on any atom is 0.270 e. The summed E-state index contributed by atoms with van der Waals surface area (Å²) >= 11 is 3.36. The van der Waals surface area contributed by atoms with Gasteiger partial charge in [0.2, 0.25) is 0 Å². The first-order valence-corrected chi connectivity index (χ1v) is 6.79. The molecule has 2 amide bonds. The van der Waals surface area contributed by atoms with E-state index >= 15 is 0 Å². The van der Waals surface area contributed by atoms with Crippen LogP contribution in [-0.4, -0.2) is 11.8 Å². The average molecular weight is 333 g/mol. The fraction of sp³-hybridized carbons (Fsp3) is 0.0667. The second-order valence-corrected chi connectivity index (χ2v) is 5.04. The lowest BCUT2D eigenvalue weighted by molar-refractivity contribution is 0.0846. The Labute approximate surface area is 125 Å². The van der Waals surface area contributed by atoms with Crippen LogP contribution in [0.5, 0.6) is 0 Å². The summed E-state index contributed by atoms with van der Waals surface area (Å²) in [6, 6.07) is 14.0. The summed E-state index contributed by atoms with van der Waals surface area (Å²) < 4.78 is 0.847. The number of hydrazine groups is 1. The fourth-order valence-corrected chi connectivity index (χ4v) is 2.06. The van der Waals surface area contributed by atoms with Gasteiger partial charge in [0, 0.05) is 15.6 Å². The minimum atomic E-state index is -0.355. The molecule has 0 radical (unpaired) electrons. The third-order valence-corrected chi connectivity index (χ3v) is 3.70. The number of rotatable bonds is 2. The molecule has 2 N–H and O–H groups in total. The van der Waals surface area contributed by atoms with Gasteiger partial charge in [-0.2, -0.15) is 0 Å². The Balaban J connectivity index is 2.03. The molecule has 0 unspecified atom stereocenters. The van der Waals surface area contributed by atoms with E-state index in [-0.39, 0.29) is 11.8 Å². The molecule has 0 atom stereocenters. The van der Waals surface area contributed by atoms with Gasteiger partial charge < -0.3 is 0 Å². The molecule has 20 heavy (non-hydrogen) atoms. The van der Waals surface area contributed by atoms with Gasteiger partial charge in [0.15, 0.2) is 0 Å². The first-order chi connectivity index (χ1) is 9.59. The third-order valence-electron chi connectivity index (χ3n) is 2.84. The molecule has 0 heterocycles. The summed E-state index contributed by atoms with van der Waals surface area (Å²) in [6.45, 7) is 1.83. The predicted molar refractivity (Wildman–Crippen MR) is 80.3 cm³/mol. The van der Waals surface area contributed by atoms with Gasteiger partial charge >= 0.3 is 0 Å². The maximum atomic E-state index is 12.0. The van der Waals surface area contributed by atoms with E-state index in [0.717, 1.165) is 10.0 Å². The third kappa shape index (κ3) is 3.24. The van der Waals surface area contributed by atoms with Gasteiger partial charge in [-0.05, 0) is 36.8 Å². The highest BCUT2D eigenvalue weighted by Gasteiger charge is 2.12. The highest BCUT2D eigenvalue weighted by Crippen LogP contribution is 2.19. The minimum Gasteiger partial charge on any atom is -0.267 e. The molecule has 2 aromatic rings. The number of halogens is 1. The predicted octanol–water partition coefficient (Wildman–Crippen LogP) is 2.83. The zero-order valence-corrected chi connectivity index (χ0v) is 12.4. The van der Waals surface area contributed by atoms with Crippen LogP contribution in [-0.2, 0) is 0 Å². The average Bonchev–Trinajstić information content (AvgIpc) is 2.48. The number of nitrogens with one attached hydrogen (secondary N) is 2. The smallest absolute Gasteiger partial charge is 0.267 e. The Bertz CT molecular complexity index is 642. The molecule has 0 saturated carbocycles. The molecule has 102 valence electrons. The molecular formula is C15H13BrN2O2. The van der Waals surface area contributed by atoms with Crippen molar-refractivity contribution in [2.75, 3.05) is 0 Å². The molecule has 0 aliphatic rings. The van der Waals surface area contributed by atoms with Crippen LogP contribution in [0, 0.1) is 6.92 Å². The van der Waals surface area contributed by atoms with Crippen molar-refractivity contribution < 1.29 is 9.59 Å². The van der Waals surface area contributed by atoms with Crippen LogP contribution in [0.2, 0.25) is 0 Å². The molecule has 0 saturated heterocycles. The van der Waals surface area contributed by atoms with Crippen molar-refractivity contribution in [3.8, 4) is 0 Å². The fourth-order valence-electron chi connectivity index (χ4n) is 1.70. The standard InChI is InChI=1S/C15H13BrN2O2/c1-10-12(8-5-9-13(10)16)15(20)18-17-14(19)11-6-3-2-4-7-11/h2-9H,1H3,(H,17,19)(H,18,20). The van der Waals surface area contributed by atoms with E-state index in [4.69, 9.17) is 0 Å². The monoisotopic (exact) mass is 332 g/mol. The molecule has 5 heteroatoms. The second kappa shape index (κ2) is 6.34. The van der Waals surface area contributed by atoms with Gasteiger partial charge in [-0.15, -0.1) is 0 Å². The van der Waals surface area contributed by atoms with Gasteiger partial charge in [-0.3, -0.25) is 20.4 Å². The Morgan fingerprint density at radius 3 is 2.25 bits per heavy atom. The summed E-state index contributed by atoms with van der Waals surface area (Å²) in [5.41, 5.74) is 6.61. The summed E-state index contributed by atoms with van der Waals surface area (Å²) in [5, 5.41) is 0. The van der Waals surface area contributed by atoms with Gasteiger partial charge in [-0.25, -0.2) is 0 Å². The van der Waals surface area contributed by atoms with Crippen molar-refractivity contribution in [1.29, 1.82) is 0 Å². The summed E-state index contributed by atoms with van der Waals surface area (Å²) in [4.78, 5) is 23.8. The zero-order chi connectivity index (χ0) is 14.5. The van der Waals surface area contributed by atoms with E-state index in [2.05, 4.69) is 26.8 Å². The number of amides is 2. The van der Waals surface area contributed by atoms with Gasteiger partial charge in [0.1, 0.15) is 0 Å². The largest absolute Gasteiger partial charge is 0.270 e. The van der Waals surface area contributed by atoms with Crippen molar-refractivity contribution in [2.24, 2.45) is 0 Å². The molecule has 0 spiro atoms. The Kier molecular flexibility index (Phi) is 4.53. The van der Waals surface area contributed by atoms with E-state index < -0.39 is 0 Å². The van der Waals surface area contributed by atoms with Crippen LogP contribution in [0.1, 0.15) is 26.3 Å². The number of benzene rings is 2. The minimum absolute atomic E-state index is 0.354. The number of hydrogen-bond donors (Lipinski definition) is 2. The Hall–Kier alpha value is -2.14. The van der Waals surface area contributed by atoms with Crippen LogP contribution >= 0.6 is 15.9 Å². The Morgan fingerprint density at radius 1 is 0.900 bits per heavy atom. The van der Waals surface area contributed by atoms with E-state index in [1.165, 1.54) is 0 Å². The summed E-state index contributed by atoms with van der Waals surface area (Å²) in [5.74, 6) is -0.709. The van der Waals surface area contributed by atoms with Gasteiger partial charge in [0.05, 0.1) is 0 Å². The lowest BCUT2D eigenvalue weighted by Crippen LogP contribution is -2.41. The maximum absolute atomic E-state index is 12.0.